The Morgan fingerprint density at radius 2 is 1.04 bits per heavy atom. The minimum Gasteiger partial charge on any atom is -0.454 e. The van der Waals surface area contributed by atoms with Gasteiger partial charge in [0.15, 0.2) is 5.75 Å². The summed E-state index contributed by atoms with van der Waals surface area (Å²) < 4.78 is 7.23. The van der Waals surface area contributed by atoms with Crippen LogP contribution in [0.4, 0.5) is 17.1 Å². The zero-order chi connectivity index (χ0) is 34.1. The molecule has 0 amide bonds. The molecule has 0 unspecified atom stereocenters. The average molecular weight is 654 g/mol. The summed E-state index contributed by atoms with van der Waals surface area (Å²) in [5.74, 6) is 1.68. The van der Waals surface area contributed by atoms with E-state index >= 15 is 0 Å². The van der Waals surface area contributed by atoms with Crippen molar-refractivity contribution in [1.82, 2.24) is 0 Å². The van der Waals surface area contributed by atoms with E-state index in [-0.39, 0.29) is 5.41 Å². The summed E-state index contributed by atoms with van der Waals surface area (Å²) in [5.41, 5.74) is 15.1. The second kappa shape index (κ2) is 11.3. The minimum absolute atomic E-state index is 0.120. The second-order valence-corrected chi connectivity index (χ2v) is 14.1. The predicted molar refractivity (Wildman–Crippen MR) is 213 cm³/mol. The van der Waals surface area contributed by atoms with Crippen molar-refractivity contribution in [1.29, 1.82) is 0 Å². The Hall–Kier alpha value is -6.38. The van der Waals surface area contributed by atoms with E-state index in [1.54, 1.807) is 0 Å². The molecule has 0 N–H and O–H groups in total. The van der Waals surface area contributed by atoms with Crippen molar-refractivity contribution in [2.45, 2.75) is 19.3 Å². The maximum Gasteiger partial charge on any atom is 0.159 e. The van der Waals surface area contributed by atoms with Crippen LogP contribution in [0.2, 0.25) is 0 Å². The fourth-order valence-electron chi connectivity index (χ4n) is 8.30. The van der Waals surface area contributed by atoms with Gasteiger partial charge in [-0.05, 0) is 104 Å². The van der Waals surface area contributed by atoms with Crippen LogP contribution in [0, 0.1) is 0 Å². The van der Waals surface area contributed by atoms with Gasteiger partial charge in [-0.15, -0.1) is 0 Å². The van der Waals surface area contributed by atoms with Gasteiger partial charge in [0.2, 0.25) is 0 Å². The largest absolute Gasteiger partial charge is 0.454 e. The summed E-state index contributed by atoms with van der Waals surface area (Å²) in [6, 6.07) is 63.5. The van der Waals surface area contributed by atoms with Gasteiger partial charge in [-0.1, -0.05) is 141 Å². The summed E-state index contributed by atoms with van der Waals surface area (Å²) in [6.07, 6.45) is 0. The number of nitrogens with zero attached hydrogens (tertiary/aromatic N) is 1. The number of fused-ring (bicyclic) bond motifs is 9. The quantitative estimate of drug-likeness (QED) is 0.187. The van der Waals surface area contributed by atoms with E-state index in [0.29, 0.717) is 0 Å². The molecular weight excluding hydrogens is 619 g/mol. The Morgan fingerprint density at radius 1 is 0.412 bits per heavy atom. The molecule has 10 rings (SSSR count). The van der Waals surface area contributed by atoms with Gasteiger partial charge in [0.1, 0.15) is 5.75 Å². The normalized spacial score (nSPS) is 13.2. The van der Waals surface area contributed by atoms with Crippen LogP contribution in [0.3, 0.4) is 0 Å². The van der Waals surface area contributed by atoms with E-state index < -0.39 is 0 Å². The van der Waals surface area contributed by atoms with E-state index in [4.69, 9.17) is 4.74 Å². The fourth-order valence-corrected chi connectivity index (χ4v) is 8.30. The van der Waals surface area contributed by atoms with Crippen LogP contribution < -0.4 is 9.64 Å². The lowest BCUT2D eigenvalue weighted by Crippen LogP contribution is -2.16. The van der Waals surface area contributed by atoms with Crippen LogP contribution >= 0.6 is 0 Å². The molecule has 8 aromatic carbocycles. The zero-order valence-corrected chi connectivity index (χ0v) is 28.6. The summed E-state index contributed by atoms with van der Waals surface area (Å²) in [7, 11) is 0. The van der Waals surface area contributed by atoms with Gasteiger partial charge in [-0.2, -0.15) is 0 Å². The van der Waals surface area contributed by atoms with Gasteiger partial charge in [0, 0.05) is 27.9 Å². The van der Waals surface area contributed by atoms with Crippen molar-refractivity contribution in [3.63, 3.8) is 0 Å². The lowest BCUT2D eigenvalue weighted by Gasteiger charge is -2.30. The Kier molecular flexibility index (Phi) is 6.56. The van der Waals surface area contributed by atoms with Crippen LogP contribution in [0.15, 0.2) is 176 Å². The van der Waals surface area contributed by atoms with Gasteiger partial charge in [0.05, 0.1) is 5.69 Å². The molecule has 1 aliphatic heterocycles. The number of para-hydroxylation sites is 2. The van der Waals surface area contributed by atoms with Gasteiger partial charge in [-0.3, -0.25) is 0 Å². The smallest absolute Gasteiger partial charge is 0.159 e. The molecular formula is C49H35NO. The number of anilines is 3. The Labute approximate surface area is 298 Å². The first kappa shape index (κ1) is 29.5. The predicted octanol–water partition coefficient (Wildman–Crippen LogP) is 13.7. The summed E-state index contributed by atoms with van der Waals surface area (Å²) >= 11 is 0. The van der Waals surface area contributed by atoms with Crippen LogP contribution in [0.25, 0.3) is 55.3 Å². The number of hydrogen-bond donors (Lipinski definition) is 0. The van der Waals surface area contributed by atoms with Gasteiger partial charge in [-0.25, -0.2) is 0 Å². The maximum atomic E-state index is 7.23. The molecule has 0 aromatic heterocycles. The topological polar surface area (TPSA) is 12.5 Å². The van der Waals surface area contributed by atoms with Crippen LogP contribution in [-0.2, 0) is 5.41 Å². The van der Waals surface area contributed by atoms with Crippen molar-refractivity contribution in [2.24, 2.45) is 0 Å². The molecule has 1 heterocycles. The molecule has 0 spiro atoms. The molecule has 2 aliphatic rings. The first-order valence-corrected chi connectivity index (χ1v) is 17.7. The van der Waals surface area contributed by atoms with Crippen LogP contribution in [-0.4, -0.2) is 0 Å². The third-order valence-corrected chi connectivity index (χ3v) is 10.9. The number of hydrogen-bond acceptors (Lipinski definition) is 2. The molecule has 0 atom stereocenters. The molecule has 242 valence electrons. The fraction of sp³-hybridized carbons (Fsp3) is 0.0612. The SMILES string of the molecule is CC1(C)c2ccccc2-c2ccc(N(c3ccccc3)c3cccc4c3Oc3cc(-c5ccc6ccccc6c5)ccc3-c3ccccc3-4)cc21. The highest BCUT2D eigenvalue weighted by Gasteiger charge is 2.36. The Bertz CT molecular complexity index is 2650. The van der Waals surface area contributed by atoms with E-state index in [0.717, 1.165) is 56.4 Å². The van der Waals surface area contributed by atoms with E-state index in [1.807, 2.05) is 0 Å². The number of benzene rings is 8. The summed E-state index contributed by atoms with van der Waals surface area (Å²) in [6.45, 7) is 4.68. The first-order valence-electron chi connectivity index (χ1n) is 17.7. The maximum absolute atomic E-state index is 7.23. The van der Waals surface area contributed by atoms with Crippen molar-refractivity contribution in [3.05, 3.63) is 187 Å². The summed E-state index contributed by atoms with van der Waals surface area (Å²) in [4.78, 5) is 2.36. The molecule has 2 heteroatoms. The molecule has 0 fully saturated rings. The molecule has 1 aliphatic carbocycles. The van der Waals surface area contributed by atoms with Gasteiger partial charge >= 0.3 is 0 Å². The molecule has 0 radical (unpaired) electrons. The lowest BCUT2D eigenvalue weighted by atomic mass is 9.82. The van der Waals surface area contributed by atoms with Crippen molar-refractivity contribution >= 4 is 27.8 Å². The number of rotatable bonds is 4. The molecule has 0 saturated carbocycles. The van der Waals surface area contributed by atoms with Crippen LogP contribution in [0.5, 0.6) is 11.5 Å². The average Bonchev–Trinajstić information content (AvgIpc) is 3.31. The second-order valence-electron chi connectivity index (χ2n) is 14.1. The van der Waals surface area contributed by atoms with Gasteiger partial charge in [0.25, 0.3) is 0 Å². The van der Waals surface area contributed by atoms with Crippen molar-refractivity contribution in [2.75, 3.05) is 4.90 Å². The Morgan fingerprint density at radius 3 is 1.88 bits per heavy atom. The van der Waals surface area contributed by atoms with E-state index in [1.165, 1.54) is 38.6 Å². The first-order chi connectivity index (χ1) is 25.0. The standard InChI is InChI=1S/C49H35NO/c1-49(2)44-21-11-10-19-40(44)41-28-26-37(31-45(41)49)50(36-15-4-3-5-16-36)46-22-12-20-43-39-18-9-8-17-38(39)42-27-25-35(30-47(42)51-48(43)46)34-24-23-32-13-6-7-14-33(32)29-34/h3-31H,1-2H3. The molecule has 0 saturated heterocycles. The molecule has 0 bridgehead atoms. The molecule has 8 aromatic rings. The van der Waals surface area contributed by atoms with Crippen molar-refractivity contribution in [3.8, 4) is 56.0 Å². The highest BCUT2D eigenvalue weighted by atomic mass is 16.5. The number of ether oxygens (including phenoxy) is 1. The molecule has 51 heavy (non-hydrogen) atoms. The third-order valence-electron chi connectivity index (χ3n) is 10.9. The minimum atomic E-state index is -0.120. The van der Waals surface area contributed by atoms with E-state index in [2.05, 4.69) is 195 Å². The van der Waals surface area contributed by atoms with E-state index in [9.17, 15) is 0 Å². The van der Waals surface area contributed by atoms with Gasteiger partial charge < -0.3 is 9.64 Å². The monoisotopic (exact) mass is 653 g/mol. The Balaban J connectivity index is 1.17. The summed E-state index contributed by atoms with van der Waals surface area (Å²) in [5, 5.41) is 2.46. The third kappa shape index (κ3) is 4.64. The highest BCUT2D eigenvalue weighted by molar-refractivity contribution is 5.97. The molecule has 2 nitrogen and oxygen atoms in total. The highest BCUT2D eigenvalue weighted by Crippen LogP contribution is 2.55. The lowest BCUT2D eigenvalue weighted by molar-refractivity contribution is 0.489. The zero-order valence-electron chi connectivity index (χ0n) is 28.6. The van der Waals surface area contributed by atoms with Crippen LogP contribution in [0.1, 0.15) is 25.0 Å². The van der Waals surface area contributed by atoms with Crippen molar-refractivity contribution < 1.29 is 4.74 Å².